The van der Waals surface area contributed by atoms with E-state index in [0.29, 0.717) is 28.2 Å². The van der Waals surface area contributed by atoms with Crippen LogP contribution in [-0.4, -0.2) is 34.0 Å². The van der Waals surface area contributed by atoms with Crippen LogP contribution >= 0.6 is 23.4 Å². The number of aromatic nitrogens is 2. The monoisotopic (exact) mass is 406 g/mol. The minimum atomic E-state index is -0.555. The van der Waals surface area contributed by atoms with Crippen LogP contribution in [0, 0.1) is 5.41 Å². The molecule has 2 rings (SSSR count). The van der Waals surface area contributed by atoms with Gasteiger partial charge in [-0.15, -0.1) is 6.58 Å². The molecule has 1 N–H and O–H groups in total. The van der Waals surface area contributed by atoms with Crippen LogP contribution in [0.25, 0.3) is 5.69 Å². The molecule has 1 amide bonds. The number of halogens is 1. The average Bonchev–Trinajstić information content (AvgIpc) is 3.06. The SMILES string of the molecule is C=CCC(C)(C)C(=O)NC(=Nc1ccc(-n2cnc(Cl)c2)c(OC)c1)SC. The van der Waals surface area contributed by atoms with Gasteiger partial charge in [0.25, 0.3) is 0 Å². The van der Waals surface area contributed by atoms with E-state index in [1.165, 1.54) is 11.8 Å². The van der Waals surface area contributed by atoms with Crippen LogP contribution in [0.4, 0.5) is 5.69 Å². The number of aliphatic imine (C=N–C) groups is 1. The van der Waals surface area contributed by atoms with Gasteiger partial charge in [0.15, 0.2) is 5.17 Å². The van der Waals surface area contributed by atoms with Gasteiger partial charge < -0.3 is 14.6 Å². The maximum Gasteiger partial charge on any atom is 0.231 e. The zero-order valence-corrected chi connectivity index (χ0v) is 17.4. The fourth-order valence-corrected chi connectivity index (χ4v) is 2.88. The number of amidine groups is 1. The summed E-state index contributed by atoms with van der Waals surface area (Å²) in [7, 11) is 1.58. The lowest BCUT2D eigenvalue weighted by atomic mass is 9.88. The fraction of sp³-hybridized carbons (Fsp3) is 0.316. The molecule has 0 fully saturated rings. The first-order valence-corrected chi connectivity index (χ1v) is 9.84. The average molecular weight is 407 g/mol. The lowest BCUT2D eigenvalue weighted by Crippen LogP contribution is -2.39. The van der Waals surface area contributed by atoms with Crippen molar-refractivity contribution in [1.29, 1.82) is 0 Å². The lowest BCUT2D eigenvalue weighted by molar-refractivity contribution is -0.127. The van der Waals surface area contributed by atoms with Crippen molar-refractivity contribution >= 4 is 40.1 Å². The molecule has 0 unspecified atom stereocenters. The number of carbonyl (C=O) groups excluding carboxylic acids is 1. The number of rotatable bonds is 6. The number of nitrogens with one attached hydrogen (secondary N) is 1. The Bertz CT molecular complexity index is 861. The Morgan fingerprint density at radius 1 is 1.52 bits per heavy atom. The molecule has 2 aromatic rings. The van der Waals surface area contributed by atoms with Crippen molar-refractivity contribution in [2.45, 2.75) is 20.3 Å². The molecule has 0 spiro atoms. The van der Waals surface area contributed by atoms with Gasteiger partial charge in [0.1, 0.15) is 17.2 Å². The van der Waals surface area contributed by atoms with Gasteiger partial charge in [-0.3, -0.25) is 4.79 Å². The van der Waals surface area contributed by atoms with Crippen molar-refractivity contribution in [3.63, 3.8) is 0 Å². The number of hydrogen-bond acceptors (Lipinski definition) is 5. The summed E-state index contributed by atoms with van der Waals surface area (Å²) < 4.78 is 7.23. The summed E-state index contributed by atoms with van der Waals surface area (Å²) in [5.74, 6) is 0.510. The largest absolute Gasteiger partial charge is 0.494 e. The molecule has 144 valence electrons. The van der Waals surface area contributed by atoms with Gasteiger partial charge >= 0.3 is 0 Å². The fourth-order valence-electron chi connectivity index (χ4n) is 2.34. The van der Waals surface area contributed by atoms with Crippen LogP contribution in [0.3, 0.4) is 0 Å². The molecule has 1 aromatic carbocycles. The number of ether oxygens (including phenoxy) is 1. The summed E-state index contributed by atoms with van der Waals surface area (Å²) in [6.07, 6.45) is 7.48. The van der Waals surface area contributed by atoms with Gasteiger partial charge in [-0.25, -0.2) is 9.98 Å². The maximum absolute atomic E-state index is 12.5. The quantitative estimate of drug-likeness (QED) is 0.432. The van der Waals surface area contributed by atoms with Crippen LogP contribution in [0.2, 0.25) is 5.15 Å². The van der Waals surface area contributed by atoms with Crippen LogP contribution < -0.4 is 10.1 Å². The van der Waals surface area contributed by atoms with Crippen molar-refractivity contribution in [3.8, 4) is 11.4 Å². The number of methoxy groups -OCH3 is 1. The second-order valence-corrected chi connectivity index (χ2v) is 7.59. The van der Waals surface area contributed by atoms with E-state index in [1.54, 1.807) is 36.3 Å². The van der Waals surface area contributed by atoms with E-state index >= 15 is 0 Å². The van der Waals surface area contributed by atoms with Gasteiger partial charge in [0.05, 0.1) is 18.5 Å². The van der Waals surface area contributed by atoms with Crippen molar-refractivity contribution in [3.05, 3.63) is 48.5 Å². The number of thioether (sulfide) groups is 1. The normalized spacial score (nSPS) is 12.0. The first-order chi connectivity index (χ1) is 12.8. The van der Waals surface area contributed by atoms with Crippen molar-refractivity contribution in [2.24, 2.45) is 10.4 Å². The van der Waals surface area contributed by atoms with Crippen molar-refractivity contribution < 1.29 is 9.53 Å². The third-order valence-electron chi connectivity index (χ3n) is 3.91. The molecule has 0 radical (unpaired) electrons. The van der Waals surface area contributed by atoms with E-state index < -0.39 is 5.41 Å². The second kappa shape index (κ2) is 9.10. The van der Waals surface area contributed by atoms with Crippen LogP contribution in [-0.2, 0) is 4.79 Å². The highest BCUT2D eigenvalue weighted by atomic mass is 35.5. The van der Waals surface area contributed by atoms with Gasteiger partial charge in [0.2, 0.25) is 5.91 Å². The summed E-state index contributed by atoms with van der Waals surface area (Å²) in [4.78, 5) is 21.0. The number of nitrogens with zero attached hydrogens (tertiary/aromatic N) is 3. The second-order valence-electron chi connectivity index (χ2n) is 6.41. The topological polar surface area (TPSA) is 68.5 Å². The van der Waals surface area contributed by atoms with Gasteiger partial charge in [-0.1, -0.05) is 43.3 Å². The van der Waals surface area contributed by atoms with Crippen LogP contribution in [0.1, 0.15) is 20.3 Å². The molecular weight excluding hydrogens is 384 g/mol. The molecule has 6 nitrogen and oxygen atoms in total. The molecule has 0 saturated heterocycles. The smallest absolute Gasteiger partial charge is 0.231 e. The standard InChI is InChI=1S/C19H23ClN4O2S/c1-6-9-19(2,3)17(25)23-18(27-5)22-13-7-8-14(15(10-13)26-4)24-11-16(20)21-12-24/h6-8,10-12H,1,9H2,2-5H3,(H,22,23,25). The number of carbonyl (C=O) groups is 1. The molecule has 0 saturated carbocycles. The van der Waals surface area contributed by atoms with E-state index in [0.717, 1.165) is 5.69 Å². The molecule has 0 aliphatic heterocycles. The third kappa shape index (κ3) is 5.37. The van der Waals surface area contributed by atoms with Crippen LogP contribution in [0.5, 0.6) is 5.75 Å². The molecule has 27 heavy (non-hydrogen) atoms. The Morgan fingerprint density at radius 2 is 2.26 bits per heavy atom. The predicted molar refractivity (Wildman–Crippen MR) is 112 cm³/mol. The van der Waals surface area contributed by atoms with Gasteiger partial charge in [-0.05, 0) is 24.8 Å². The van der Waals surface area contributed by atoms with E-state index in [4.69, 9.17) is 16.3 Å². The first-order valence-electron chi connectivity index (χ1n) is 8.23. The number of amides is 1. The first kappa shape index (κ1) is 21.1. The molecule has 0 aliphatic rings. The zero-order valence-electron chi connectivity index (χ0n) is 15.8. The minimum Gasteiger partial charge on any atom is -0.494 e. The Balaban J connectivity index is 2.28. The molecule has 1 heterocycles. The number of benzene rings is 1. The lowest BCUT2D eigenvalue weighted by Gasteiger charge is -2.21. The highest BCUT2D eigenvalue weighted by molar-refractivity contribution is 8.13. The third-order valence-corrected chi connectivity index (χ3v) is 4.68. The summed E-state index contributed by atoms with van der Waals surface area (Å²) in [6.45, 7) is 7.45. The van der Waals surface area contributed by atoms with E-state index in [1.807, 2.05) is 32.2 Å². The predicted octanol–water partition coefficient (Wildman–Crippen LogP) is 4.60. The summed E-state index contributed by atoms with van der Waals surface area (Å²) in [5, 5.41) is 3.79. The Kier molecular flexibility index (Phi) is 7.10. The van der Waals surface area contributed by atoms with Gasteiger partial charge in [0, 0.05) is 17.7 Å². The van der Waals surface area contributed by atoms with Gasteiger partial charge in [-0.2, -0.15) is 0 Å². The zero-order chi connectivity index (χ0) is 20.0. The maximum atomic E-state index is 12.5. The number of imidazole rings is 1. The van der Waals surface area contributed by atoms with E-state index in [-0.39, 0.29) is 5.91 Å². The molecule has 1 aromatic heterocycles. The molecule has 0 atom stereocenters. The van der Waals surface area contributed by atoms with Crippen LogP contribution in [0.15, 0.2) is 48.4 Å². The minimum absolute atomic E-state index is 0.104. The van der Waals surface area contributed by atoms with E-state index in [9.17, 15) is 4.79 Å². The Morgan fingerprint density at radius 3 is 2.81 bits per heavy atom. The summed E-state index contributed by atoms with van der Waals surface area (Å²) in [6, 6.07) is 5.49. The van der Waals surface area contributed by atoms with Crippen molar-refractivity contribution in [2.75, 3.05) is 13.4 Å². The Hall–Kier alpha value is -2.25. The number of allylic oxidation sites excluding steroid dienone is 1. The molecular formula is C19H23ClN4O2S. The summed E-state index contributed by atoms with van der Waals surface area (Å²) in [5.41, 5.74) is 0.895. The molecule has 0 bridgehead atoms. The van der Waals surface area contributed by atoms with Crippen molar-refractivity contribution in [1.82, 2.24) is 14.9 Å². The van der Waals surface area contributed by atoms with E-state index in [2.05, 4.69) is 21.9 Å². The molecule has 8 heteroatoms. The molecule has 0 aliphatic carbocycles. The highest BCUT2D eigenvalue weighted by Gasteiger charge is 2.26. The summed E-state index contributed by atoms with van der Waals surface area (Å²) >= 11 is 7.25. The Labute approximate surface area is 168 Å². The highest BCUT2D eigenvalue weighted by Crippen LogP contribution is 2.29. The number of hydrogen-bond donors (Lipinski definition) is 1.